The van der Waals surface area contributed by atoms with Crippen molar-refractivity contribution in [3.05, 3.63) is 53.0 Å². The number of rotatable bonds is 2. The summed E-state index contributed by atoms with van der Waals surface area (Å²) in [6.07, 6.45) is 4.38. The zero-order chi connectivity index (χ0) is 15.9. The fraction of sp³-hybridized carbons (Fsp3) is 0.250. The minimum Gasteiger partial charge on any atom is -0.505 e. The third-order valence-corrected chi connectivity index (χ3v) is 3.85. The number of benzene rings is 1. The number of phenolic OH excluding ortho intramolecular Hbond substituents is 1. The van der Waals surface area contributed by atoms with Crippen LogP contribution in [0, 0.1) is 5.82 Å². The molecule has 22 heavy (non-hydrogen) atoms. The first kappa shape index (κ1) is 14.3. The van der Waals surface area contributed by atoms with E-state index in [0.29, 0.717) is 23.4 Å². The van der Waals surface area contributed by atoms with Crippen LogP contribution in [0.5, 0.6) is 5.75 Å². The van der Waals surface area contributed by atoms with Crippen LogP contribution in [0.4, 0.5) is 9.18 Å². The Labute approximate surface area is 126 Å². The highest BCUT2D eigenvalue weighted by Gasteiger charge is 2.35. The van der Waals surface area contributed by atoms with Crippen molar-refractivity contribution in [2.75, 3.05) is 6.54 Å². The number of halogens is 1. The molecule has 2 aliphatic rings. The number of allylic oxidation sites excluding steroid dienone is 1. The van der Waals surface area contributed by atoms with Crippen molar-refractivity contribution in [1.29, 1.82) is 0 Å². The largest absolute Gasteiger partial charge is 0.505 e. The van der Waals surface area contributed by atoms with Crippen molar-refractivity contribution in [2.24, 2.45) is 0 Å². The summed E-state index contributed by atoms with van der Waals surface area (Å²) < 4.78 is 13.6. The van der Waals surface area contributed by atoms with Crippen molar-refractivity contribution in [3.63, 3.8) is 0 Å². The minimum absolute atomic E-state index is 0.190. The molecule has 6 heteroatoms. The van der Waals surface area contributed by atoms with Gasteiger partial charge in [-0.15, -0.1) is 0 Å². The van der Waals surface area contributed by atoms with Gasteiger partial charge in [-0.1, -0.05) is 12.1 Å². The number of Topliss-reactive ketones (excluding diaryl/α,β-unsaturated/α-hetero) is 1. The van der Waals surface area contributed by atoms with E-state index in [2.05, 4.69) is 5.32 Å². The van der Waals surface area contributed by atoms with Crippen molar-refractivity contribution < 1.29 is 19.1 Å². The normalized spacial score (nSPS) is 20.7. The molecule has 1 aromatic carbocycles. The number of aromatic hydroxyl groups is 1. The van der Waals surface area contributed by atoms with Gasteiger partial charge in [0.05, 0.1) is 11.7 Å². The average Bonchev–Trinajstić information content (AvgIpc) is 2.49. The van der Waals surface area contributed by atoms with Gasteiger partial charge in [0.1, 0.15) is 0 Å². The second-order valence-electron chi connectivity index (χ2n) is 5.29. The first-order valence-electron chi connectivity index (χ1n) is 6.97. The van der Waals surface area contributed by atoms with Crippen molar-refractivity contribution in [2.45, 2.75) is 19.4 Å². The molecule has 0 saturated carbocycles. The molecule has 0 aliphatic carbocycles. The lowest BCUT2D eigenvalue weighted by atomic mass is 9.91. The summed E-state index contributed by atoms with van der Waals surface area (Å²) in [4.78, 5) is 25.8. The number of ketones is 1. The summed E-state index contributed by atoms with van der Waals surface area (Å²) in [5.74, 6) is -1.45. The van der Waals surface area contributed by atoms with Crippen LogP contribution >= 0.6 is 0 Å². The van der Waals surface area contributed by atoms with E-state index in [9.17, 15) is 19.1 Å². The maximum atomic E-state index is 13.6. The molecule has 0 radical (unpaired) electrons. The number of amides is 2. The zero-order valence-electron chi connectivity index (χ0n) is 12.0. The lowest BCUT2D eigenvalue weighted by molar-refractivity contribution is -0.114. The fourth-order valence-corrected chi connectivity index (χ4v) is 2.81. The van der Waals surface area contributed by atoms with Gasteiger partial charge in [0.25, 0.3) is 0 Å². The zero-order valence-corrected chi connectivity index (χ0v) is 12.0. The summed E-state index contributed by atoms with van der Waals surface area (Å²) in [5.41, 5.74) is 1.39. The molecule has 3 rings (SSSR count). The molecule has 0 fully saturated rings. The van der Waals surface area contributed by atoms with Gasteiger partial charge in [-0.2, -0.15) is 0 Å². The second kappa shape index (κ2) is 5.29. The summed E-state index contributed by atoms with van der Waals surface area (Å²) in [6.45, 7) is 1.93. The first-order chi connectivity index (χ1) is 10.5. The molecule has 1 atom stereocenters. The summed E-state index contributed by atoms with van der Waals surface area (Å²) in [5, 5.41) is 12.0. The Morgan fingerprint density at radius 1 is 1.45 bits per heavy atom. The minimum atomic E-state index is -0.790. The number of phenols is 1. The number of urea groups is 1. The number of hydrogen-bond donors (Lipinski definition) is 2. The number of carbonyl (C=O) groups excluding carboxylic acids is 2. The lowest BCUT2D eigenvalue weighted by Crippen LogP contribution is -2.48. The molecule has 1 aromatic rings. The predicted octanol–water partition coefficient (Wildman–Crippen LogP) is 2.40. The fourth-order valence-electron chi connectivity index (χ4n) is 2.81. The summed E-state index contributed by atoms with van der Waals surface area (Å²) in [7, 11) is 0. The molecule has 2 N–H and O–H groups in total. The van der Waals surface area contributed by atoms with Crippen LogP contribution in [0.3, 0.4) is 0 Å². The van der Waals surface area contributed by atoms with Crippen LogP contribution < -0.4 is 5.32 Å². The van der Waals surface area contributed by atoms with Gasteiger partial charge in [0, 0.05) is 12.1 Å². The number of hydrogen-bond acceptors (Lipinski definition) is 3. The molecule has 0 saturated heterocycles. The molecule has 0 bridgehead atoms. The third-order valence-electron chi connectivity index (χ3n) is 3.85. The molecule has 2 heterocycles. The Bertz CT molecular complexity index is 724. The van der Waals surface area contributed by atoms with Crippen LogP contribution in [-0.2, 0) is 4.79 Å². The Kier molecular flexibility index (Phi) is 3.44. The van der Waals surface area contributed by atoms with Gasteiger partial charge in [-0.3, -0.25) is 9.69 Å². The monoisotopic (exact) mass is 302 g/mol. The Morgan fingerprint density at radius 3 is 2.91 bits per heavy atom. The van der Waals surface area contributed by atoms with Gasteiger partial charge in [0.15, 0.2) is 17.3 Å². The molecule has 1 unspecified atom stereocenters. The predicted molar refractivity (Wildman–Crippen MR) is 77.5 cm³/mol. The Morgan fingerprint density at radius 2 is 2.23 bits per heavy atom. The average molecular weight is 302 g/mol. The van der Waals surface area contributed by atoms with Crippen LogP contribution in [0.2, 0.25) is 0 Å². The van der Waals surface area contributed by atoms with Gasteiger partial charge in [-0.25, -0.2) is 9.18 Å². The summed E-state index contributed by atoms with van der Waals surface area (Å²) >= 11 is 0. The van der Waals surface area contributed by atoms with Crippen molar-refractivity contribution in [1.82, 2.24) is 10.2 Å². The molecule has 0 aromatic heterocycles. The quantitative estimate of drug-likeness (QED) is 0.881. The molecular weight excluding hydrogens is 287 g/mol. The highest BCUT2D eigenvalue weighted by molar-refractivity contribution is 5.99. The second-order valence-corrected chi connectivity index (χ2v) is 5.29. The molecule has 114 valence electrons. The van der Waals surface area contributed by atoms with E-state index < -0.39 is 17.6 Å². The molecule has 2 amide bonds. The van der Waals surface area contributed by atoms with Crippen LogP contribution in [0.15, 0.2) is 41.6 Å². The van der Waals surface area contributed by atoms with E-state index in [-0.39, 0.29) is 11.8 Å². The standard InChI is InChI=1S/C16H15FN2O3/c1-9(20)14-12-4-2-3-7-19(12)16(22)18-15(14)10-5-6-13(21)11(17)8-10/h2,4-6,8,15,21H,3,7H2,1H3,(H,18,22). The van der Waals surface area contributed by atoms with E-state index in [1.165, 1.54) is 24.0 Å². The van der Waals surface area contributed by atoms with Gasteiger partial charge >= 0.3 is 6.03 Å². The highest BCUT2D eigenvalue weighted by Crippen LogP contribution is 2.34. The molecule has 2 aliphatic heterocycles. The van der Waals surface area contributed by atoms with E-state index in [4.69, 9.17) is 0 Å². The van der Waals surface area contributed by atoms with E-state index in [0.717, 1.165) is 12.5 Å². The topological polar surface area (TPSA) is 69.6 Å². The van der Waals surface area contributed by atoms with Crippen LogP contribution in [0.1, 0.15) is 24.9 Å². The van der Waals surface area contributed by atoms with Gasteiger partial charge in [0.2, 0.25) is 0 Å². The number of carbonyl (C=O) groups is 2. The molecule has 0 spiro atoms. The first-order valence-corrected chi connectivity index (χ1v) is 6.97. The summed E-state index contributed by atoms with van der Waals surface area (Å²) in [6, 6.07) is 2.79. The number of fused-ring (bicyclic) bond motifs is 1. The molecular formula is C16H15FN2O3. The van der Waals surface area contributed by atoms with Crippen molar-refractivity contribution >= 4 is 11.8 Å². The highest BCUT2D eigenvalue weighted by atomic mass is 19.1. The maximum absolute atomic E-state index is 13.6. The maximum Gasteiger partial charge on any atom is 0.322 e. The number of nitrogens with zero attached hydrogens (tertiary/aromatic N) is 1. The van der Waals surface area contributed by atoms with Crippen LogP contribution in [0.25, 0.3) is 0 Å². The van der Waals surface area contributed by atoms with Crippen LogP contribution in [-0.4, -0.2) is 28.4 Å². The Hall–Kier alpha value is -2.63. The van der Waals surface area contributed by atoms with E-state index in [1.54, 1.807) is 6.08 Å². The van der Waals surface area contributed by atoms with E-state index >= 15 is 0 Å². The van der Waals surface area contributed by atoms with Gasteiger partial charge in [-0.05, 0) is 37.1 Å². The smallest absolute Gasteiger partial charge is 0.322 e. The Balaban J connectivity index is 2.15. The van der Waals surface area contributed by atoms with Crippen molar-refractivity contribution in [3.8, 4) is 5.75 Å². The SMILES string of the molecule is CC(=O)C1=C2C=CCCN2C(=O)NC1c1ccc(O)c(F)c1. The number of nitrogens with one attached hydrogen (secondary N) is 1. The molecule has 5 nitrogen and oxygen atoms in total. The van der Waals surface area contributed by atoms with Gasteiger partial charge < -0.3 is 10.4 Å². The van der Waals surface area contributed by atoms with E-state index in [1.807, 2.05) is 6.08 Å². The third kappa shape index (κ3) is 2.26. The lowest BCUT2D eigenvalue weighted by Gasteiger charge is -2.37.